The van der Waals surface area contributed by atoms with Crippen molar-refractivity contribution < 1.29 is 45.1 Å². The molecule has 0 spiro atoms. The monoisotopic (exact) mass is 526 g/mol. The van der Waals surface area contributed by atoms with Gasteiger partial charge in [0.05, 0.1) is 12.9 Å². The van der Waals surface area contributed by atoms with Gasteiger partial charge in [-0.05, 0) is 23.4 Å². The van der Waals surface area contributed by atoms with Crippen LogP contribution in [-0.2, 0) is 40.7 Å². The topological polar surface area (TPSA) is 105 Å². The number of hydrogen-bond donors (Lipinski definition) is 0. The predicted octanol–water partition coefficient (Wildman–Crippen LogP) is 4.83. The first-order valence-electron chi connectivity index (χ1n) is 9.56. The Bertz CT molecular complexity index is 1150. The molecule has 0 aliphatic rings. The van der Waals surface area contributed by atoms with E-state index in [1.165, 1.54) is 5.56 Å². The molecule has 0 N–H and O–H groups in total. The number of methoxy groups -OCH3 is 1. The van der Waals surface area contributed by atoms with E-state index in [2.05, 4.69) is 57.4 Å². The van der Waals surface area contributed by atoms with Gasteiger partial charge in [-0.1, -0.05) is 60.0 Å². The van der Waals surface area contributed by atoms with Crippen molar-refractivity contribution >= 4 is 16.8 Å². The summed E-state index contributed by atoms with van der Waals surface area (Å²) < 4.78 is 43.8. The van der Waals surface area contributed by atoms with Crippen molar-refractivity contribution in [3.63, 3.8) is 0 Å². The zero-order valence-electron chi connectivity index (χ0n) is 20.6. The number of ether oxygens (including phenoxy) is 1. The van der Waals surface area contributed by atoms with Gasteiger partial charge in [0, 0.05) is 11.7 Å². The zero-order chi connectivity index (χ0) is 26.5. The van der Waals surface area contributed by atoms with Gasteiger partial charge in [-0.25, -0.2) is 4.58 Å². The Kier molecular flexibility index (Phi) is 27.2. The van der Waals surface area contributed by atoms with Crippen molar-refractivity contribution in [3.05, 3.63) is 124 Å². The number of benzene rings is 2. The van der Waals surface area contributed by atoms with Crippen LogP contribution >= 0.6 is 0 Å². The van der Waals surface area contributed by atoms with E-state index in [1.807, 2.05) is 61.2 Å². The Morgan fingerprint density at radius 1 is 0.972 bits per heavy atom. The van der Waals surface area contributed by atoms with Crippen molar-refractivity contribution in [3.8, 4) is 0 Å². The number of rotatable bonds is 6. The molecule has 0 aliphatic heterocycles. The molecule has 1 aromatic heterocycles. The van der Waals surface area contributed by atoms with Crippen LogP contribution in [0.15, 0.2) is 77.4 Å². The Morgan fingerprint density at radius 2 is 1.47 bits per heavy atom. The van der Waals surface area contributed by atoms with E-state index in [0.29, 0.717) is 0 Å². The van der Waals surface area contributed by atoms with Gasteiger partial charge < -0.3 is 16.6 Å². The van der Waals surface area contributed by atoms with E-state index < -0.39 is 0 Å². The SMILES string of the molecule is C=CC(C/C(=C\[c-]1oc(=[N+](C)C)c2ccccc21)OC)c1ccccc1.[C-]#[O+].[C-]#[O+].[C-]#[O+].[C-]#[O+].[CH3-].[Cr+2]. The van der Waals surface area contributed by atoms with Gasteiger partial charge in [0.2, 0.25) is 0 Å². The van der Waals surface area contributed by atoms with Crippen molar-refractivity contribution in [1.29, 1.82) is 0 Å². The predicted molar refractivity (Wildman–Crippen MR) is 130 cm³/mol. The summed E-state index contributed by atoms with van der Waals surface area (Å²) in [5.41, 5.74) is 2.08. The second kappa shape index (κ2) is 24.7. The average molecular weight is 527 g/mol. The first-order valence-corrected chi connectivity index (χ1v) is 9.56. The normalized spacial score (nSPS) is 9.47. The van der Waals surface area contributed by atoms with Crippen LogP contribution in [0.25, 0.3) is 16.8 Å². The molecule has 2 aromatic carbocycles. The summed E-state index contributed by atoms with van der Waals surface area (Å²) in [5, 5.41) is 2.18. The molecule has 3 rings (SSSR count). The van der Waals surface area contributed by atoms with Crippen LogP contribution in [-0.4, -0.2) is 21.2 Å². The summed E-state index contributed by atoms with van der Waals surface area (Å²) in [6.07, 6.45) is 4.69. The molecule has 0 bridgehead atoms. The molecule has 0 fully saturated rings. The first kappa shape index (κ1) is 39.8. The van der Waals surface area contributed by atoms with Crippen molar-refractivity contribution in [2.75, 3.05) is 21.2 Å². The summed E-state index contributed by atoms with van der Waals surface area (Å²) in [6, 6.07) is 18.6. The number of nitrogens with zero attached hydrogens (tertiary/aromatic N) is 1. The van der Waals surface area contributed by atoms with Crippen LogP contribution in [0.2, 0.25) is 0 Å². The second-order valence-electron chi connectivity index (χ2n) is 6.48. The minimum Gasteiger partial charge on any atom is -0.358 e. The molecule has 1 atom stereocenters. The zero-order valence-corrected chi connectivity index (χ0v) is 21.9. The molecule has 0 saturated carbocycles. The molecule has 36 heavy (non-hydrogen) atoms. The van der Waals surface area contributed by atoms with Gasteiger partial charge in [-0.15, -0.1) is 12.6 Å². The van der Waals surface area contributed by atoms with Crippen LogP contribution < -0.4 is 10.1 Å². The summed E-state index contributed by atoms with van der Waals surface area (Å²) in [7, 11) is 5.67. The number of fused-ring (bicyclic) bond motifs is 1. The van der Waals surface area contributed by atoms with Crippen LogP contribution in [0.4, 0.5) is 0 Å². The molecule has 7 nitrogen and oxygen atoms in total. The third kappa shape index (κ3) is 11.8. The van der Waals surface area contributed by atoms with Gasteiger partial charge in [0.15, 0.2) is 0 Å². The Hall–Kier alpha value is -3.45. The molecule has 3 aromatic rings. The van der Waals surface area contributed by atoms with Crippen LogP contribution in [0.5, 0.6) is 0 Å². The van der Waals surface area contributed by atoms with Gasteiger partial charge >= 0.3 is 62.6 Å². The molecule has 0 saturated heterocycles. The largest absolute Gasteiger partial charge is 2.00 e. The fourth-order valence-corrected chi connectivity index (χ4v) is 3.14. The van der Waals surface area contributed by atoms with Crippen LogP contribution in [0.1, 0.15) is 23.7 Å². The van der Waals surface area contributed by atoms with E-state index in [9.17, 15) is 0 Å². The summed E-state index contributed by atoms with van der Waals surface area (Å²) in [4.78, 5) is 0. The first-order chi connectivity index (χ1) is 16.6. The van der Waals surface area contributed by atoms with E-state index in [4.69, 9.17) is 27.8 Å². The molecule has 0 radical (unpaired) electrons. The Morgan fingerprint density at radius 3 is 1.94 bits per heavy atom. The minimum absolute atomic E-state index is 0. The average Bonchev–Trinajstić information content (AvgIpc) is 3.30. The molecule has 1 heterocycles. The quantitative estimate of drug-likeness (QED) is 0.151. The standard InChI is InChI=1S/C23H25NO2.4CO.CH3.Cr/c1-5-17(18-11-7-6-8-12-18)15-19(25-4)16-22-20-13-9-10-14-21(20)23(26-22)24(2)3;4*1-2;;/h5-14,16-17H,1,15H2,2-4H3;;;;;1H3;/q;;;;;-1;+2/b19-16+;;;;;;. The molecular weight excluding hydrogens is 498 g/mol. The third-order valence-corrected chi connectivity index (χ3v) is 4.52. The van der Waals surface area contributed by atoms with Crippen molar-refractivity contribution in [2.45, 2.75) is 12.3 Å². The summed E-state index contributed by atoms with van der Waals surface area (Å²) in [6.45, 7) is 22.0. The molecule has 0 aliphatic carbocycles. The fourth-order valence-electron chi connectivity index (χ4n) is 3.14. The van der Waals surface area contributed by atoms with E-state index in [-0.39, 0.29) is 30.7 Å². The van der Waals surface area contributed by atoms with Crippen LogP contribution in [0.3, 0.4) is 0 Å². The number of furan rings is 1. The molecule has 0 amide bonds. The van der Waals surface area contributed by atoms with Gasteiger partial charge in [-0.2, -0.15) is 0 Å². The Labute approximate surface area is 223 Å². The second-order valence-corrected chi connectivity index (χ2v) is 6.48. The van der Waals surface area contributed by atoms with E-state index >= 15 is 0 Å². The fraction of sp³-hybridized carbons (Fsp3) is 0.179. The van der Waals surface area contributed by atoms with Crippen LogP contribution in [0, 0.1) is 34.0 Å². The maximum atomic E-state index is 7.50. The number of hydrogen-bond acceptors (Lipinski definition) is 2. The molecule has 8 heteroatoms. The van der Waals surface area contributed by atoms with Crippen molar-refractivity contribution in [1.82, 2.24) is 4.58 Å². The van der Waals surface area contributed by atoms with Gasteiger partial charge in [0.1, 0.15) is 14.1 Å². The Balaban J connectivity index is -0.000000467. The number of allylic oxidation sites excluding steroid dienone is 2. The summed E-state index contributed by atoms with van der Waals surface area (Å²) in [5.74, 6) is 1.87. The van der Waals surface area contributed by atoms with E-state index in [1.54, 1.807) is 7.11 Å². The molecule has 186 valence electrons. The smallest absolute Gasteiger partial charge is 0.358 e. The minimum atomic E-state index is 0. The molecular formula is C28H28CrNO6+. The van der Waals surface area contributed by atoms with Crippen molar-refractivity contribution in [2.24, 2.45) is 0 Å². The van der Waals surface area contributed by atoms with Gasteiger partial charge in [0.25, 0.3) is 5.55 Å². The van der Waals surface area contributed by atoms with E-state index in [0.717, 1.165) is 34.3 Å². The van der Waals surface area contributed by atoms with Gasteiger partial charge in [-0.3, -0.25) is 0 Å². The third-order valence-electron chi connectivity index (χ3n) is 4.52. The molecule has 1 unspecified atom stereocenters. The summed E-state index contributed by atoms with van der Waals surface area (Å²) >= 11 is 0. The maximum Gasteiger partial charge on any atom is 2.00 e. The maximum absolute atomic E-state index is 7.50.